The lowest BCUT2D eigenvalue weighted by molar-refractivity contribution is -0.108. The van der Waals surface area contributed by atoms with Gasteiger partial charge in [-0.3, -0.25) is 5.32 Å². The maximum Gasteiger partial charge on any atom is 0.159 e. The van der Waals surface area contributed by atoms with Crippen molar-refractivity contribution < 1.29 is 9.47 Å². The third-order valence-corrected chi connectivity index (χ3v) is 3.09. The van der Waals surface area contributed by atoms with Gasteiger partial charge in [-0.2, -0.15) is 5.26 Å². The molecule has 1 aromatic heterocycles. The van der Waals surface area contributed by atoms with Crippen LogP contribution in [0.3, 0.4) is 0 Å². The van der Waals surface area contributed by atoms with Gasteiger partial charge in [0.05, 0.1) is 6.07 Å². The first-order valence-electron chi connectivity index (χ1n) is 5.01. The number of nitriles is 1. The Morgan fingerprint density at radius 3 is 2.75 bits per heavy atom. The summed E-state index contributed by atoms with van der Waals surface area (Å²) in [5.74, 6) is 0. The van der Waals surface area contributed by atoms with Crippen LogP contribution < -0.4 is 5.32 Å². The number of hydrogen-bond acceptors (Lipinski definition) is 5. The lowest BCUT2D eigenvalue weighted by atomic mass is 10.2. The van der Waals surface area contributed by atoms with Crippen molar-refractivity contribution >= 4 is 11.3 Å². The third-order valence-electron chi connectivity index (χ3n) is 2.21. The number of nitrogens with zero attached hydrogens (tertiary/aromatic N) is 1. The van der Waals surface area contributed by atoms with Crippen LogP contribution in [0.5, 0.6) is 0 Å². The Morgan fingerprint density at radius 1 is 1.50 bits per heavy atom. The summed E-state index contributed by atoms with van der Waals surface area (Å²) in [4.78, 5) is 1.21. The molecule has 0 saturated heterocycles. The zero-order valence-corrected chi connectivity index (χ0v) is 10.3. The van der Waals surface area contributed by atoms with E-state index in [1.165, 1.54) is 4.88 Å². The average Bonchev–Trinajstić information content (AvgIpc) is 2.83. The lowest BCUT2D eigenvalue weighted by Crippen LogP contribution is -2.32. The van der Waals surface area contributed by atoms with Gasteiger partial charge in [0.2, 0.25) is 0 Å². The highest BCUT2D eigenvalue weighted by molar-refractivity contribution is 7.09. The van der Waals surface area contributed by atoms with E-state index in [4.69, 9.17) is 14.7 Å². The SMILES string of the molecule is COC(CC(C#N)NCc1cccs1)OC. The van der Waals surface area contributed by atoms with Gasteiger partial charge in [0.15, 0.2) is 6.29 Å². The minimum atomic E-state index is -0.333. The van der Waals surface area contributed by atoms with Gasteiger partial charge in [-0.15, -0.1) is 11.3 Å². The molecule has 0 fully saturated rings. The number of ether oxygens (including phenoxy) is 2. The summed E-state index contributed by atoms with van der Waals surface area (Å²) in [5.41, 5.74) is 0. The van der Waals surface area contributed by atoms with Crippen LogP contribution in [0.2, 0.25) is 0 Å². The van der Waals surface area contributed by atoms with Gasteiger partial charge in [0, 0.05) is 32.1 Å². The molecular formula is C11H16N2O2S. The van der Waals surface area contributed by atoms with Crippen LogP contribution in [0, 0.1) is 11.3 Å². The van der Waals surface area contributed by atoms with Gasteiger partial charge in [-0.1, -0.05) is 6.07 Å². The third kappa shape index (κ3) is 4.29. The number of thiophene rings is 1. The fraction of sp³-hybridized carbons (Fsp3) is 0.545. The second kappa shape index (κ2) is 7.36. The highest BCUT2D eigenvalue weighted by Crippen LogP contribution is 2.09. The molecule has 88 valence electrons. The van der Waals surface area contributed by atoms with Crippen LogP contribution in [0.25, 0.3) is 0 Å². The summed E-state index contributed by atoms with van der Waals surface area (Å²) < 4.78 is 10.1. The molecule has 1 unspecified atom stereocenters. The van der Waals surface area contributed by atoms with Crippen molar-refractivity contribution in [2.45, 2.75) is 25.3 Å². The number of hydrogen-bond donors (Lipinski definition) is 1. The number of methoxy groups -OCH3 is 2. The molecule has 0 spiro atoms. The molecular weight excluding hydrogens is 224 g/mol. The zero-order chi connectivity index (χ0) is 11.8. The molecule has 1 atom stereocenters. The molecule has 5 heteroatoms. The van der Waals surface area contributed by atoms with E-state index in [0.717, 1.165) is 0 Å². The summed E-state index contributed by atoms with van der Waals surface area (Å²) in [6, 6.07) is 5.97. The standard InChI is InChI=1S/C11H16N2O2S/c1-14-11(15-2)6-9(7-12)13-8-10-4-3-5-16-10/h3-5,9,11,13H,6,8H2,1-2H3. The molecule has 0 bridgehead atoms. The molecule has 4 nitrogen and oxygen atoms in total. The maximum atomic E-state index is 8.97. The molecule has 16 heavy (non-hydrogen) atoms. The predicted molar refractivity (Wildman–Crippen MR) is 63.0 cm³/mol. The number of nitrogens with one attached hydrogen (secondary N) is 1. The zero-order valence-electron chi connectivity index (χ0n) is 9.47. The first kappa shape index (κ1) is 13.1. The van der Waals surface area contributed by atoms with E-state index in [2.05, 4.69) is 11.4 Å². The molecule has 0 amide bonds. The van der Waals surface area contributed by atoms with E-state index in [1.54, 1.807) is 25.6 Å². The second-order valence-electron chi connectivity index (χ2n) is 3.28. The van der Waals surface area contributed by atoms with Crippen LogP contribution in [0.15, 0.2) is 17.5 Å². The average molecular weight is 240 g/mol. The molecule has 1 N–H and O–H groups in total. The van der Waals surface area contributed by atoms with Crippen LogP contribution in [-0.4, -0.2) is 26.6 Å². The van der Waals surface area contributed by atoms with Crippen molar-refractivity contribution in [3.63, 3.8) is 0 Å². The van der Waals surface area contributed by atoms with E-state index < -0.39 is 0 Å². The van der Waals surface area contributed by atoms with Crippen LogP contribution in [0.1, 0.15) is 11.3 Å². The smallest absolute Gasteiger partial charge is 0.159 e. The lowest BCUT2D eigenvalue weighted by Gasteiger charge is -2.17. The van der Waals surface area contributed by atoms with Crippen molar-refractivity contribution in [1.82, 2.24) is 5.32 Å². The first-order valence-corrected chi connectivity index (χ1v) is 5.89. The molecule has 0 aliphatic carbocycles. The van der Waals surface area contributed by atoms with Crippen molar-refractivity contribution in [1.29, 1.82) is 5.26 Å². The molecule has 0 aliphatic heterocycles. The predicted octanol–water partition coefficient (Wildman–Crippen LogP) is 1.74. The Bertz CT molecular complexity index is 317. The van der Waals surface area contributed by atoms with E-state index in [-0.39, 0.29) is 12.3 Å². The van der Waals surface area contributed by atoms with Crippen molar-refractivity contribution in [3.05, 3.63) is 22.4 Å². The van der Waals surface area contributed by atoms with Crippen LogP contribution in [0.4, 0.5) is 0 Å². The molecule has 1 aromatic rings. The Kier molecular flexibility index (Phi) is 6.04. The van der Waals surface area contributed by atoms with E-state index >= 15 is 0 Å². The van der Waals surface area contributed by atoms with Gasteiger partial charge in [-0.25, -0.2) is 0 Å². The van der Waals surface area contributed by atoms with Crippen LogP contribution in [-0.2, 0) is 16.0 Å². The quantitative estimate of drug-likeness (QED) is 0.738. The largest absolute Gasteiger partial charge is 0.356 e. The minimum Gasteiger partial charge on any atom is -0.356 e. The Balaban J connectivity index is 2.35. The van der Waals surface area contributed by atoms with Gasteiger partial charge in [0.25, 0.3) is 0 Å². The van der Waals surface area contributed by atoms with Gasteiger partial charge in [0.1, 0.15) is 6.04 Å². The summed E-state index contributed by atoms with van der Waals surface area (Å²) in [5, 5.41) is 14.2. The minimum absolute atomic E-state index is 0.257. The maximum absolute atomic E-state index is 8.97. The molecule has 0 aliphatic rings. The first-order chi connectivity index (χ1) is 7.80. The molecule has 0 aromatic carbocycles. The fourth-order valence-electron chi connectivity index (χ4n) is 1.30. The second-order valence-corrected chi connectivity index (χ2v) is 4.31. The van der Waals surface area contributed by atoms with Crippen molar-refractivity contribution in [2.75, 3.05) is 14.2 Å². The van der Waals surface area contributed by atoms with E-state index in [0.29, 0.717) is 13.0 Å². The van der Waals surface area contributed by atoms with Crippen LogP contribution >= 0.6 is 11.3 Å². The van der Waals surface area contributed by atoms with E-state index in [1.807, 2.05) is 17.5 Å². The van der Waals surface area contributed by atoms with Crippen molar-refractivity contribution in [3.8, 4) is 6.07 Å². The Labute approximate surface area is 99.8 Å². The Hall–Kier alpha value is -0.930. The summed E-state index contributed by atoms with van der Waals surface area (Å²) in [7, 11) is 3.14. The van der Waals surface area contributed by atoms with Crippen molar-refractivity contribution in [2.24, 2.45) is 0 Å². The molecule has 0 radical (unpaired) electrons. The Morgan fingerprint density at radius 2 is 2.25 bits per heavy atom. The molecule has 0 saturated carbocycles. The monoisotopic (exact) mass is 240 g/mol. The van der Waals surface area contributed by atoms with Gasteiger partial charge < -0.3 is 9.47 Å². The highest BCUT2D eigenvalue weighted by atomic mass is 32.1. The van der Waals surface area contributed by atoms with Gasteiger partial charge in [-0.05, 0) is 11.4 Å². The summed E-state index contributed by atoms with van der Waals surface area (Å²) in [6.07, 6.45) is 0.190. The van der Waals surface area contributed by atoms with Gasteiger partial charge >= 0.3 is 0 Å². The molecule has 1 heterocycles. The normalized spacial score (nSPS) is 12.6. The number of rotatable bonds is 7. The highest BCUT2D eigenvalue weighted by Gasteiger charge is 2.14. The van der Waals surface area contributed by atoms with E-state index in [9.17, 15) is 0 Å². The fourth-order valence-corrected chi connectivity index (χ4v) is 1.96. The summed E-state index contributed by atoms with van der Waals surface area (Å²) >= 11 is 1.67. The summed E-state index contributed by atoms with van der Waals surface area (Å²) in [6.45, 7) is 0.704. The molecule has 1 rings (SSSR count). The topological polar surface area (TPSA) is 54.3 Å².